The van der Waals surface area contributed by atoms with E-state index in [0.29, 0.717) is 22.0 Å². The molecule has 0 unspecified atom stereocenters. The molecule has 5 nitrogen and oxygen atoms in total. The van der Waals surface area contributed by atoms with Crippen molar-refractivity contribution in [2.75, 3.05) is 5.32 Å². The lowest BCUT2D eigenvalue weighted by Gasteiger charge is -2.09. The third kappa shape index (κ3) is 2.52. The molecule has 0 fully saturated rings. The van der Waals surface area contributed by atoms with Crippen molar-refractivity contribution in [1.29, 1.82) is 0 Å². The first-order chi connectivity index (χ1) is 10.7. The number of nitro groups is 1. The van der Waals surface area contributed by atoms with Crippen LogP contribution in [0.3, 0.4) is 0 Å². The lowest BCUT2D eigenvalue weighted by atomic mass is 10.1. The number of nitro benzene ring substituents is 1. The van der Waals surface area contributed by atoms with Gasteiger partial charge in [-0.25, -0.2) is 0 Å². The molecule has 108 valence electrons. The second-order valence-corrected chi connectivity index (χ2v) is 4.76. The second-order valence-electron chi connectivity index (χ2n) is 4.76. The number of hydrogen-bond donors (Lipinski definition) is 1. The summed E-state index contributed by atoms with van der Waals surface area (Å²) in [6, 6.07) is 18.7. The van der Waals surface area contributed by atoms with Crippen LogP contribution >= 0.6 is 0 Å². The molecule has 0 radical (unpaired) electrons. The normalized spacial score (nSPS) is 10.4. The van der Waals surface area contributed by atoms with Gasteiger partial charge in [0.15, 0.2) is 0 Å². The third-order valence-corrected chi connectivity index (χ3v) is 3.38. The first-order valence-corrected chi connectivity index (χ1v) is 6.69. The largest absolute Gasteiger partial charge is 0.321 e. The van der Waals surface area contributed by atoms with Crippen LogP contribution in [0.5, 0.6) is 0 Å². The maximum absolute atomic E-state index is 12.2. The van der Waals surface area contributed by atoms with E-state index in [1.165, 1.54) is 6.07 Å². The number of amides is 1. The van der Waals surface area contributed by atoms with Gasteiger partial charge in [0.2, 0.25) is 0 Å². The maximum atomic E-state index is 12.2. The molecule has 0 spiro atoms. The number of non-ortho nitro benzene ring substituents is 1. The lowest BCUT2D eigenvalue weighted by Crippen LogP contribution is -2.12. The van der Waals surface area contributed by atoms with E-state index in [-0.39, 0.29) is 11.6 Å². The number of hydrogen-bond acceptors (Lipinski definition) is 3. The summed E-state index contributed by atoms with van der Waals surface area (Å²) in [5, 5.41) is 15.0. The average molecular weight is 292 g/mol. The minimum absolute atomic E-state index is 0.0216. The lowest BCUT2D eigenvalue weighted by molar-refractivity contribution is -0.383. The number of rotatable bonds is 3. The molecule has 0 aliphatic rings. The van der Waals surface area contributed by atoms with Crippen molar-refractivity contribution in [2.24, 2.45) is 0 Å². The average Bonchev–Trinajstić information content (AvgIpc) is 2.55. The van der Waals surface area contributed by atoms with Crippen molar-refractivity contribution in [3.63, 3.8) is 0 Å². The van der Waals surface area contributed by atoms with Gasteiger partial charge in [0.1, 0.15) is 0 Å². The molecular weight excluding hydrogens is 280 g/mol. The zero-order chi connectivity index (χ0) is 15.5. The topological polar surface area (TPSA) is 72.2 Å². The minimum atomic E-state index is -0.425. The molecule has 3 aromatic carbocycles. The molecule has 3 aromatic rings. The molecule has 0 atom stereocenters. The zero-order valence-corrected chi connectivity index (χ0v) is 11.5. The van der Waals surface area contributed by atoms with Crippen LogP contribution < -0.4 is 5.32 Å². The molecular formula is C17H12N2O3. The zero-order valence-electron chi connectivity index (χ0n) is 11.5. The highest BCUT2D eigenvalue weighted by Gasteiger charge is 2.15. The van der Waals surface area contributed by atoms with Gasteiger partial charge in [0.05, 0.1) is 10.3 Å². The Balaban J connectivity index is 2.04. The van der Waals surface area contributed by atoms with Crippen LogP contribution in [0.4, 0.5) is 11.4 Å². The highest BCUT2D eigenvalue weighted by atomic mass is 16.6. The van der Waals surface area contributed by atoms with Crippen LogP contribution in [0, 0.1) is 10.1 Å². The number of anilines is 1. The van der Waals surface area contributed by atoms with Crippen molar-refractivity contribution in [2.45, 2.75) is 0 Å². The van der Waals surface area contributed by atoms with E-state index in [2.05, 4.69) is 5.32 Å². The molecule has 0 saturated carbocycles. The van der Waals surface area contributed by atoms with Crippen LogP contribution in [0.1, 0.15) is 10.4 Å². The van der Waals surface area contributed by atoms with Crippen molar-refractivity contribution in [3.05, 3.63) is 82.4 Å². The summed E-state index contributed by atoms with van der Waals surface area (Å²) in [5.74, 6) is -0.250. The summed E-state index contributed by atoms with van der Waals surface area (Å²) < 4.78 is 0. The van der Waals surface area contributed by atoms with Crippen LogP contribution in [0.15, 0.2) is 66.7 Å². The van der Waals surface area contributed by atoms with Crippen LogP contribution in [0.25, 0.3) is 10.8 Å². The fourth-order valence-corrected chi connectivity index (χ4v) is 2.34. The van der Waals surface area contributed by atoms with Gasteiger partial charge in [-0.3, -0.25) is 14.9 Å². The third-order valence-electron chi connectivity index (χ3n) is 3.38. The number of fused-ring (bicyclic) bond motifs is 1. The molecule has 5 heteroatoms. The first-order valence-electron chi connectivity index (χ1n) is 6.69. The molecule has 0 heterocycles. The fourth-order valence-electron chi connectivity index (χ4n) is 2.34. The van der Waals surface area contributed by atoms with Gasteiger partial charge in [-0.15, -0.1) is 0 Å². The number of carbonyl (C=O) groups excluding carboxylic acids is 1. The van der Waals surface area contributed by atoms with Crippen molar-refractivity contribution in [1.82, 2.24) is 0 Å². The van der Waals surface area contributed by atoms with Gasteiger partial charge < -0.3 is 5.32 Å². The van der Waals surface area contributed by atoms with Gasteiger partial charge in [-0.2, -0.15) is 0 Å². The number of benzene rings is 3. The first kappa shape index (κ1) is 13.8. The Morgan fingerprint density at radius 1 is 0.864 bits per heavy atom. The van der Waals surface area contributed by atoms with Gasteiger partial charge in [0, 0.05) is 22.7 Å². The number of nitrogens with one attached hydrogen (secondary N) is 1. The molecule has 1 amide bonds. The Morgan fingerprint density at radius 3 is 2.18 bits per heavy atom. The quantitative estimate of drug-likeness (QED) is 0.585. The summed E-state index contributed by atoms with van der Waals surface area (Å²) >= 11 is 0. The van der Waals surface area contributed by atoms with Crippen molar-refractivity contribution < 1.29 is 9.72 Å². The summed E-state index contributed by atoms with van der Waals surface area (Å²) in [6.45, 7) is 0. The fraction of sp³-hybridized carbons (Fsp3) is 0. The Bertz CT molecular complexity index is 860. The molecule has 0 saturated heterocycles. The number of carbonyl (C=O) groups is 1. The Hall–Kier alpha value is -3.21. The second kappa shape index (κ2) is 5.65. The van der Waals surface area contributed by atoms with Gasteiger partial charge >= 0.3 is 0 Å². The Labute approximate surface area is 126 Å². The molecule has 0 aliphatic carbocycles. The molecule has 0 bridgehead atoms. The van der Waals surface area contributed by atoms with E-state index in [1.807, 2.05) is 6.07 Å². The van der Waals surface area contributed by atoms with E-state index in [4.69, 9.17) is 0 Å². The maximum Gasteiger partial charge on any atom is 0.277 e. The van der Waals surface area contributed by atoms with Crippen molar-refractivity contribution >= 4 is 28.1 Å². The minimum Gasteiger partial charge on any atom is -0.321 e. The molecule has 0 aromatic heterocycles. The summed E-state index contributed by atoms with van der Waals surface area (Å²) in [4.78, 5) is 22.9. The summed E-state index contributed by atoms with van der Waals surface area (Å²) in [6.07, 6.45) is 0. The highest BCUT2D eigenvalue weighted by Crippen LogP contribution is 2.31. The Kier molecular flexibility index (Phi) is 3.53. The monoisotopic (exact) mass is 292 g/mol. The highest BCUT2D eigenvalue weighted by molar-refractivity contribution is 6.10. The van der Waals surface area contributed by atoms with Crippen molar-refractivity contribution in [3.8, 4) is 0 Å². The standard InChI is InChI=1S/C17H12N2O3/c20-17(12-6-2-1-3-7-12)18-15-10-11-16(19(21)22)14-9-5-4-8-13(14)15/h1-11H,(H,18,20). The summed E-state index contributed by atoms with van der Waals surface area (Å²) in [7, 11) is 0. The van der Waals surface area contributed by atoms with Crippen LogP contribution in [-0.2, 0) is 0 Å². The van der Waals surface area contributed by atoms with E-state index in [0.717, 1.165) is 0 Å². The summed E-state index contributed by atoms with van der Waals surface area (Å²) in [5.41, 5.74) is 1.10. The molecule has 3 rings (SSSR count). The van der Waals surface area contributed by atoms with E-state index in [1.54, 1.807) is 54.6 Å². The predicted molar refractivity (Wildman–Crippen MR) is 85.0 cm³/mol. The molecule has 1 N–H and O–H groups in total. The van der Waals surface area contributed by atoms with Gasteiger partial charge in [0.25, 0.3) is 11.6 Å². The van der Waals surface area contributed by atoms with Crippen LogP contribution in [0.2, 0.25) is 0 Å². The molecule has 22 heavy (non-hydrogen) atoms. The SMILES string of the molecule is O=C(Nc1ccc([N+](=O)[O-])c2ccccc12)c1ccccc1. The smallest absolute Gasteiger partial charge is 0.277 e. The molecule has 0 aliphatic heterocycles. The van der Waals surface area contributed by atoms with E-state index < -0.39 is 4.92 Å². The van der Waals surface area contributed by atoms with E-state index >= 15 is 0 Å². The van der Waals surface area contributed by atoms with E-state index in [9.17, 15) is 14.9 Å². The van der Waals surface area contributed by atoms with Gasteiger partial charge in [-0.05, 0) is 24.3 Å². The van der Waals surface area contributed by atoms with Gasteiger partial charge in [-0.1, -0.05) is 36.4 Å². The number of nitrogens with zero attached hydrogens (tertiary/aromatic N) is 1. The van der Waals surface area contributed by atoms with Crippen LogP contribution in [-0.4, -0.2) is 10.8 Å². The predicted octanol–water partition coefficient (Wildman–Crippen LogP) is 4.00. The Morgan fingerprint density at radius 2 is 1.50 bits per heavy atom.